The summed E-state index contributed by atoms with van der Waals surface area (Å²) < 4.78 is 21.9. The van der Waals surface area contributed by atoms with E-state index in [0.29, 0.717) is 43.6 Å². The van der Waals surface area contributed by atoms with Gasteiger partial charge in [0, 0.05) is 25.2 Å². The molecule has 0 aliphatic carbocycles. The zero-order valence-corrected chi connectivity index (χ0v) is 17.1. The van der Waals surface area contributed by atoms with Gasteiger partial charge in [0.2, 0.25) is 0 Å². The molecule has 0 bridgehead atoms. The minimum atomic E-state index is -0.434. The summed E-state index contributed by atoms with van der Waals surface area (Å²) in [4.78, 5) is 26.0. The first kappa shape index (κ1) is 21.8. The maximum Gasteiger partial charge on any atom is 0.308 e. The number of nitrogens with zero attached hydrogens (tertiary/aromatic N) is 1. The Morgan fingerprint density at radius 2 is 1.75 bits per heavy atom. The molecule has 0 atom stereocenters. The van der Waals surface area contributed by atoms with E-state index in [4.69, 9.17) is 18.9 Å². The van der Waals surface area contributed by atoms with E-state index in [1.807, 2.05) is 19.9 Å². The molecule has 1 amide bonds. The van der Waals surface area contributed by atoms with Gasteiger partial charge in [-0.1, -0.05) is 13.8 Å². The second-order valence-electron chi connectivity index (χ2n) is 6.59. The van der Waals surface area contributed by atoms with E-state index in [-0.39, 0.29) is 12.5 Å². The Labute approximate surface area is 166 Å². The van der Waals surface area contributed by atoms with Crippen LogP contribution in [0.1, 0.15) is 27.7 Å². The third kappa shape index (κ3) is 6.02. The second kappa shape index (κ2) is 10.8. The van der Waals surface area contributed by atoms with E-state index >= 15 is 0 Å². The van der Waals surface area contributed by atoms with E-state index < -0.39 is 11.9 Å². The number of morpholine rings is 1. The van der Waals surface area contributed by atoms with Gasteiger partial charge in [0.05, 0.1) is 43.7 Å². The summed E-state index contributed by atoms with van der Waals surface area (Å²) in [6, 6.07) is 3.62. The maximum absolute atomic E-state index is 12.2. The smallest absolute Gasteiger partial charge is 0.308 e. The molecule has 0 spiro atoms. The molecule has 1 aromatic carbocycles. The fourth-order valence-electron chi connectivity index (χ4n) is 2.73. The normalized spacial score (nSPS) is 14.0. The molecule has 8 nitrogen and oxygen atoms in total. The topological polar surface area (TPSA) is 86.3 Å². The van der Waals surface area contributed by atoms with Gasteiger partial charge in [-0.05, 0) is 13.8 Å². The lowest BCUT2D eigenvalue weighted by Crippen LogP contribution is -2.36. The molecule has 1 N–H and O–H groups in total. The summed E-state index contributed by atoms with van der Waals surface area (Å²) in [5.74, 6) is 0.0526. The van der Waals surface area contributed by atoms with Gasteiger partial charge >= 0.3 is 5.97 Å². The number of nitrogens with one attached hydrogen (secondary N) is 1. The molecule has 8 heteroatoms. The van der Waals surface area contributed by atoms with Crippen molar-refractivity contribution in [3.63, 3.8) is 0 Å². The molecule has 1 aliphatic rings. The monoisotopic (exact) mass is 394 g/mol. The van der Waals surface area contributed by atoms with Crippen LogP contribution in [0.4, 0.5) is 11.4 Å². The number of rotatable bonds is 9. The second-order valence-corrected chi connectivity index (χ2v) is 6.59. The van der Waals surface area contributed by atoms with Crippen molar-refractivity contribution in [2.45, 2.75) is 27.7 Å². The molecule has 0 aromatic heterocycles. The van der Waals surface area contributed by atoms with Crippen molar-refractivity contribution in [1.82, 2.24) is 0 Å². The van der Waals surface area contributed by atoms with Crippen LogP contribution in [0.3, 0.4) is 0 Å². The van der Waals surface area contributed by atoms with Crippen molar-refractivity contribution in [1.29, 1.82) is 0 Å². The van der Waals surface area contributed by atoms with Crippen LogP contribution in [-0.2, 0) is 19.1 Å². The first-order valence-corrected chi connectivity index (χ1v) is 9.69. The Morgan fingerprint density at radius 1 is 1.11 bits per heavy atom. The van der Waals surface area contributed by atoms with Crippen LogP contribution in [0, 0.1) is 5.92 Å². The number of benzene rings is 1. The zero-order valence-electron chi connectivity index (χ0n) is 17.1. The van der Waals surface area contributed by atoms with Gasteiger partial charge in [0.25, 0.3) is 5.91 Å². The summed E-state index contributed by atoms with van der Waals surface area (Å²) in [6.45, 7) is 10.6. The fraction of sp³-hybridized carbons (Fsp3) is 0.600. The van der Waals surface area contributed by atoms with E-state index in [2.05, 4.69) is 10.2 Å². The van der Waals surface area contributed by atoms with Crippen LogP contribution in [0.25, 0.3) is 0 Å². The van der Waals surface area contributed by atoms with Gasteiger partial charge in [-0.15, -0.1) is 0 Å². The van der Waals surface area contributed by atoms with Crippen LogP contribution in [0.2, 0.25) is 0 Å². The number of esters is 1. The Balaban J connectivity index is 2.22. The predicted molar refractivity (Wildman–Crippen MR) is 106 cm³/mol. The standard InChI is InChI=1S/C20H30N2O6/c1-5-26-17-12-16(22-7-9-25-10-8-22)18(27-6-2)11-15(17)21-19(23)13-28-20(24)14(3)4/h11-12,14H,5-10,13H2,1-4H3,(H,21,23). The molecule has 1 saturated heterocycles. The average Bonchev–Trinajstić information content (AvgIpc) is 2.68. The quantitative estimate of drug-likeness (QED) is 0.644. The molecule has 2 rings (SSSR count). The van der Waals surface area contributed by atoms with E-state index in [1.54, 1.807) is 19.9 Å². The number of hydrogen-bond donors (Lipinski definition) is 1. The molecule has 0 saturated carbocycles. The van der Waals surface area contributed by atoms with E-state index in [9.17, 15) is 9.59 Å². The highest BCUT2D eigenvalue weighted by atomic mass is 16.5. The lowest BCUT2D eigenvalue weighted by Gasteiger charge is -2.31. The summed E-state index contributed by atoms with van der Waals surface area (Å²) >= 11 is 0. The maximum atomic E-state index is 12.2. The van der Waals surface area contributed by atoms with Crippen molar-refractivity contribution in [3.8, 4) is 11.5 Å². The molecule has 156 valence electrons. The predicted octanol–water partition coefficient (Wildman–Crippen LogP) is 2.46. The number of ether oxygens (including phenoxy) is 4. The van der Waals surface area contributed by atoms with Crippen LogP contribution >= 0.6 is 0 Å². The lowest BCUT2D eigenvalue weighted by atomic mass is 10.2. The number of carbonyl (C=O) groups excluding carboxylic acids is 2. The molecule has 1 aliphatic heterocycles. The van der Waals surface area contributed by atoms with Gasteiger partial charge in [-0.2, -0.15) is 0 Å². The molecule has 0 radical (unpaired) electrons. The highest BCUT2D eigenvalue weighted by Crippen LogP contribution is 2.39. The lowest BCUT2D eigenvalue weighted by molar-refractivity contribution is -0.150. The molecule has 28 heavy (non-hydrogen) atoms. The molecular weight excluding hydrogens is 364 g/mol. The zero-order chi connectivity index (χ0) is 20.5. The first-order valence-electron chi connectivity index (χ1n) is 9.69. The van der Waals surface area contributed by atoms with Crippen molar-refractivity contribution >= 4 is 23.3 Å². The largest absolute Gasteiger partial charge is 0.492 e. The average molecular weight is 394 g/mol. The first-order chi connectivity index (χ1) is 13.5. The van der Waals surface area contributed by atoms with Gasteiger partial charge in [0.1, 0.15) is 11.5 Å². The Hall–Kier alpha value is -2.48. The third-order valence-electron chi connectivity index (χ3n) is 4.10. The minimum Gasteiger partial charge on any atom is -0.492 e. The van der Waals surface area contributed by atoms with Gasteiger partial charge < -0.3 is 29.2 Å². The van der Waals surface area contributed by atoms with Gasteiger partial charge in [0.15, 0.2) is 6.61 Å². The molecular formula is C20H30N2O6. The SMILES string of the molecule is CCOc1cc(N2CCOCC2)c(OCC)cc1NC(=O)COC(=O)C(C)C. The van der Waals surface area contributed by atoms with E-state index in [0.717, 1.165) is 18.8 Å². The number of anilines is 2. The van der Waals surface area contributed by atoms with Gasteiger partial charge in [-0.25, -0.2) is 0 Å². The van der Waals surface area contributed by atoms with Crippen LogP contribution in [0.15, 0.2) is 12.1 Å². The fourth-order valence-corrected chi connectivity index (χ4v) is 2.73. The minimum absolute atomic E-state index is 0.288. The van der Waals surface area contributed by atoms with Crippen molar-refractivity contribution in [3.05, 3.63) is 12.1 Å². The summed E-state index contributed by atoms with van der Waals surface area (Å²) in [5, 5.41) is 2.75. The number of hydrogen-bond acceptors (Lipinski definition) is 7. The van der Waals surface area contributed by atoms with Gasteiger partial charge in [-0.3, -0.25) is 9.59 Å². The van der Waals surface area contributed by atoms with Crippen molar-refractivity contribution < 1.29 is 28.5 Å². The van der Waals surface area contributed by atoms with E-state index in [1.165, 1.54) is 0 Å². The number of amides is 1. The molecule has 1 heterocycles. The molecule has 1 fully saturated rings. The van der Waals surface area contributed by atoms with Crippen LogP contribution in [-0.4, -0.2) is 58.0 Å². The summed E-state index contributed by atoms with van der Waals surface area (Å²) in [7, 11) is 0. The Morgan fingerprint density at radius 3 is 2.36 bits per heavy atom. The van der Waals surface area contributed by atoms with Crippen molar-refractivity contribution in [2.24, 2.45) is 5.92 Å². The Kier molecular flexibility index (Phi) is 8.38. The number of carbonyl (C=O) groups is 2. The molecule has 0 unspecified atom stereocenters. The summed E-state index contributed by atoms with van der Waals surface area (Å²) in [6.07, 6.45) is 0. The third-order valence-corrected chi connectivity index (χ3v) is 4.10. The van der Waals surface area contributed by atoms with Crippen molar-refractivity contribution in [2.75, 3.05) is 56.3 Å². The Bertz CT molecular complexity index is 671. The molecule has 1 aromatic rings. The highest BCUT2D eigenvalue weighted by molar-refractivity contribution is 5.95. The van der Waals surface area contributed by atoms with Crippen LogP contribution < -0.4 is 19.7 Å². The van der Waals surface area contributed by atoms with Crippen LogP contribution in [0.5, 0.6) is 11.5 Å². The highest BCUT2D eigenvalue weighted by Gasteiger charge is 2.21. The summed E-state index contributed by atoms with van der Waals surface area (Å²) in [5.41, 5.74) is 1.38.